The molecular weight excluding hydrogens is 214 g/mol. The Labute approximate surface area is 101 Å². The Morgan fingerprint density at radius 3 is 2.65 bits per heavy atom. The SMILES string of the molecule is COc1cccc(-n2ccc(C)n2)c1[C@@H](C)N. The quantitative estimate of drug-likeness (QED) is 0.881. The Morgan fingerprint density at radius 2 is 2.12 bits per heavy atom. The van der Waals surface area contributed by atoms with Gasteiger partial charge in [-0.1, -0.05) is 6.07 Å². The standard InChI is InChI=1S/C13H17N3O/c1-9-7-8-16(15-9)11-5-4-6-12(17-3)13(11)10(2)14/h4-8,10H,14H2,1-3H3/t10-/m1/s1. The monoisotopic (exact) mass is 231 g/mol. The third kappa shape index (κ3) is 2.17. The highest BCUT2D eigenvalue weighted by Gasteiger charge is 2.14. The van der Waals surface area contributed by atoms with Crippen LogP contribution in [-0.2, 0) is 0 Å². The number of ether oxygens (including phenoxy) is 1. The average Bonchev–Trinajstić information content (AvgIpc) is 2.74. The maximum atomic E-state index is 6.01. The number of hydrogen-bond donors (Lipinski definition) is 1. The first-order chi connectivity index (χ1) is 8.13. The normalized spacial score (nSPS) is 12.5. The molecule has 17 heavy (non-hydrogen) atoms. The summed E-state index contributed by atoms with van der Waals surface area (Å²) in [4.78, 5) is 0. The van der Waals surface area contributed by atoms with Crippen molar-refractivity contribution in [2.75, 3.05) is 7.11 Å². The van der Waals surface area contributed by atoms with E-state index in [0.717, 1.165) is 22.7 Å². The minimum atomic E-state index is -0.106. The van der Waals surface area contributed by atoms with Crippen LogP contribution in [0.25, 0.3) is 5.69 Å². The number of aromatic nitrogens is 2. The molecule has 90 valence electrons. The molecule has 0 amide bonds. The van der Waals surface area contributed by atoms with E-state index in [2.05, 4.69) is 5.10 Å². The van der Waals surface area contributed by atoms with Gasteiger partial charge in [-0.2, -0.15) is 5.10 Å². The highest BCUT2D eigenvalue weighted by atomic mass is 16.5. The van der Waals surface area contributed by atoms with Gasteiger partial charge in [0.1, 0.15) is 5.75 Å². The van der Waals surface area contributed by atoms with E-state index >= 15 is 0 Å². The molecule has 0 fully saturated rings. The molecular formula is C13H17N3O. The van der Waals surface area contributed by atoms with Crippen molar-refractivity contribution in [3.05, 3.63) is 41.7 Å². The van der Waals surface area contributed by atoms with Crippen molar-refractivity contribution in [1.29, 1.82) is 0 Å². The Hall–Kier alpha value is -1.81. The molecule has 4 heteroatoms. The van der Waals surface area contributed by atoms with Crippen molar-refractivity contribution < 1.29 is 4.74 Å². The second kappa shape index (κ2) is 4.59. The molecule has 2 aromatic rings. The summed E-state index contributed by atoms with van der Waals surface area (Å²) in [5.74, 6) is 0.797. The summed E-state index contributed by atoms with van der Waals surface area (Å²) < 4.78 is 7.18. The van der Waals surface area contributed by atoms with Gasteiger partial charge in [0.2, 0.25) is 0 Å². The number of benzene rings is 1. The smallest absolute Gasteiger partial charge is 0.125 e. The van der Waals surface area contributed by atoms with E-state index < -0.39 is 0 Å². The Kier molecular flexibility index (Phi) is 3.15. The van der Waals surface area contributed by atoms with Crippen LogP contribution >= 0.6 is 0 Å². The van der Waals surface area contributed by atoms with Crippen LogP contribution in [0.2, 0.25) is 0 Å². The fourth-order valence-corrected chi connectivity index (χ4v) is 1.92. The average molecular weight is 231 g/mol. The molecule has 0 bridgehead atoms. The number of hydrogen-bond acceptors (Lipinski definition) is 3. The van der Waals surface area contributed by atoms with Crippen LogP contribution in [0.4, 0.5) is 0 Å². The summed E-state index contributed by atoms with van der Waals surface area (Å²) in [5, 5.41) is 4.40. The largest absolute Gasteiger partial charge is 0.496 e. The molecule has 0 aliphatic rings. The van der Waals surface area contributed by atoms with Crippen molar-refractivity contribution in [3.8, 4) is 11.4 Å². The molecule has 2 rings (SSSR count). The molecule has 1 aromatic heterocycles. The number of methoxy groups -OCH3 is 1. The maximum Gasteiger partial charge on any atom is 0.125 e. The van der Waals surface area contributed by atoms with E-state index in [-0.39, 0.29) is 6.04 Å². The minimum Gasteiger partial charge on any atom is -0.496 e. The molecule has 1 heterocycles. The molecule has 2 N–H and O–H groups in total. The minimum absolute atomic E-state index is 0.106. The number of nitrogens with two attached hydrogens (primary N) is 1. The Morgan fingerprint density at radius 1 is 1.35 bits per heavy atom. The first-order valence-electron chi connectivity index (χ1n) is 5.58. The topological polar surface area (TPSA) is 53.1 Å². The lowest BCUT2D eigenvalue weighted by molar-refractivity contribution is 0.406. The van der Waals surface area contributed by atoms with Gasteiger partial charge in [-0.25, -0.2) is 4.68 Å². The molecule has 1 aromatic carbocycles. The van der Waals surface area contributed by atoms with Crippen LogP contribution in [0.5, 0.6) is 5.75 Å². The van der Waals surface area contributed by atoms with Crippen molar-refractivity contribution in [2.45, 2.75) is 19.9 Å². The van der Waals surface area contributed by atoms with Crippen molar-refractivity contribution in [1.82, 2.24) is 9.78 Å². The Balaban J connectivity index is 2.60. The lowest BCUT2D eigenvalue weighted by Gasteiger charge is -2.16. The first kappa shape index (κ1) is 11.7. The van der Waals surface area contributed by atoms with Gasteiger partial charge in [0.05, 0.1) is 18.5 Å². The van der Waals surface area contributed by atoms with E-state index in [0.29, 0.717) is 0 Å². The molecule has 0 saturated carbocycles. The van der Waals surface area contributed by atoms with Crippen molar-refractivity contribution in [2.24, 2.45) is 5.73 Å². The van der Waals surface area contributed by atoms with E-state index in [1.807, 2.05) is 49.0 Å². The predicted molar refractivity (Wildman–Crippen MR) is 67.5 cm³/mol. The summed E-state index contributed by atoms with van der Waals surface area (Å²) in [6.07, 6.45) is 1.93. The van der Waals surface area contributed by atoms with Crippen molar-refractivity contribution >= 4 is 0 Å². The van der Waals surface area contributed by atoms with Gasteiger partial charge in [-0.3, -0.25) is 0 Å². The van der Waals surface area contributed by atoms with Crippen LogP contribution in [-0.4, -0.2) is 16.9 Å². The maximum absolute atomic E-state index is 6.01. The molecule has 0 aliphatic heterocycles. The van der Waals surface area contributed by atoms with Gasteiger partial charge >= 0.3 is 0 Å². The van der Waals surface area contributed by atoms with Gasteiger partial charge in [0, 0.05) is 17.8 Å². The van der Waals surface area contributed by atoms with Crippen LogP contribution in [0.1, 0.15) is 24.2 Å². The second-order valence-electron chi connectivity index (χ2n) is 4.08. The van der Waals surface area contributed by atoms with E-state index in [1.54, 1.807) is 7.11 Å². The van der Waals surface area contributed by atoms with Crippen LogP contribution in [0.3, 0.4) is 0 Å². The van der Waals surface area contributed by atoms with E-state index in [1.165, 1.54) is 0 Å². The van der Waals surface area contributed by atoms with Gasteiger partial charge in [-0.05, 0) is 32.0 Å². The zero-order chi connectivity index (χ0) is 12.4. The zero-order valence-corrected chi connectivity index (χ0v) is 10.3. The van der Waals surface area contributed by atoms with Crippen molar-refractivity contribution in [3.63, 3.8) is 0 Å². The van der Waals surface area contributed by atoms with E-state index in [4.69, 9.17) is 10.5 Å². The Bertz CT molecular complexity index is 517. The molecule has 0 spiro atoms. The molecule has 0 radical (unpaired) electrons. The molecule has 0 saturated heterocycles. The number of nitrogens with zero attached hydrogens (tertiary/aromatic N) is 2. The van der Waals surface area contributed by atoms with Crippen LogP contribution in [0.15, 0.2) is 30.5 Å². The highest BCUT2D eigenvalue weighted by Crippen LogP contribution is 2.29. The van der Waals surface area contributed by atoms with Gasteiger partial charge in [-0.15, -0.1) is 0 Å². The van der Waals surface area contributed by atoms with Crippen LogP contribution < -0.4 is 10.5 Å². The zero-order valence-electron chi connectivity index (χ0n) is 10.3. The highest BCUT2D eigenvalue weighted by molar-refractivity contribution is 5.51. The van der Waals surface area contributed by atoms with E-state index in [9.17, 15) is 0 Å². The summed E-state index contributed by atoms with van der Waals surface area (Å²) >= 11 is 0. The summed E-state index contributed by atoms with van der Waals surface area (Å²) in [5.41, 5.74) is 8.93. The molecule has 1 atom stereocenters. The third-order valence-corrected chi connectivity index (χ3v) is 2.69. The van der Waals surface area contributed by atoms with Gasteiger partial charge < -0.3 is 10.5 Å². The lowest BCUT2D eigenvalue weighted by Crippen LogP contribution is -2.12. The fraction of sp³-hybridized carbons (Fsp3) is 0.308. The summed E-state index contributed by atoms with van der Waals surface area (Å²) in [7, 11) is 1.65. The second-order valence-corrected chi connectivity index (χ2v) is 4.08. The van der Waals surface area contributed by atoms with Gasteiger partial charge in [0.25, 0.3) is 0 Å². The predicted octanol–water partition coefficient (Wildman–Crippen LogP) is 2.21. The summed E-state index contributed by atoms with van der Waals surface area (Å²) in [6.45, 7) is 3.90. The molecule has 4 nitrogen and oxygen atoms in total. The number of aryl methyl sites for hydroxylation is 1. The molecule has 0 unspecified atom stereocenters. The third-order valence-electron chi connectivity index (χ3n) is 2.69. The lowest BCUT2D eigenvalue weighted by atomic mass is 10.1. The first-order valence-corrected chi connectivity index (χ1v) is 5.58. The van der Waals surface area contributed by atoms with Crippen LogP contribution in [0, 0.1) is 6.92 Å². The number of rotatable bonds is 3. The van der Waals surface area contributed by atoms with Gasteiger partial charge in [0.15, 0.2) is 0 Å². The fourth-order valence-electron chi connectivity index (χ4n) is 1.92. The summed E-state index contributed by atoms with van der Waals surface area (Å²) in [6, 6.07) is 7.71. The molecule has 0 aliphatic carbocycles.